The van der Waals surface area contributed by atoms with Gasteiger partial charge < -0.3 is 34.4 Å². The van der Waals surface area contributed by atoms with Gasteiger partial charge >= 0.3 is 0 Å². The number of rotatable bonds is 5. The van der Waals surface area contributed by atoms with Crippen molar-refractivity contribution in [3.8, 4) is 28.4 Å². The summed E-state index contributed by atoms with van der Waals surface area (Å²) in [5, 5.41) is 13.8. The number of H-pyrrole nitrogens is 1. The number of imidazole rings is 1. The molecular formula is C28H27ClN4O5. The number of hydrogen-bond donors (Lipinski definition) is 3. The fourth-order valence-electron chi connectivity index (χ4n) is 5.31. The number of hydrogen-bond acceptors (Lipinski definition) is 8. The Morgan fingerprint density at radius 2 is 1.74 bits per heavy atom. The quantitative estimate of drug-likeness (QED) is 0.354. The van der Waals surface area contributed by atoms with Crippen molar-refractivity contribution in [2.75, 3.05) is 26.3 Å². The molecule has 10 heteroatoms. The first-order valence-electron chi connectivity index (χ1n) is 12.8. The lowest BCUT2D eigenvalue weighted by Crippen LogP contribution is -2.33. The Morgan fingerprint density at radius 3 is 2.47 bits per heavy atom. The lowest BCUT2D eigenvalue weighted by molar-refractivity contribution is -0.103. The van der Waals surface area contributed by atoms with E-state index in [0.717, 1.165) is 36.4 Å². The molecule has 5 heterocycles. The van der Waals surface area contributed by atoms with E-state index in [1.165, 1.54) is 5.56 Å². The summed E-state index contributed by atoms with van der Waals surface area (Å²) in [6.45, 7) is 2.77. The van der Waals surface area contributed by atoms with Gasteiger partial charge in [0.05, 0.1) is 41.7 Å². The molecule has 2 aromatic heterocycles. The average molecular weight is 535 g/mol. The van der Waals surface area contributed by atoms with Crippen LogP contribution in [0.5, 0.6) is 6.01 Å². The Morgan fingerprint density at radius 1 is 0.974 bits per heavy atom. The van der Waals surface area contributed by atoms with Crippen molar-refractivity contribution in [1.29, 1.82) is 0 Å². The first kappa shape index (κ1) is 24.0. The second-order valence-corrected chi connectivity index (χ2v) is 10.2. The van der Waals surface area contributed by atoms with Crippen molar-refractivity contribution in [3.63, 3.8) is 0 Å². The van der Waals surface area contributed by atoms with Crippen LogP contribution in [0.4, 0.5) is 0 Å². The monoisotopic (exact) mass is 534 g/mol. The van der Waals surface area contributed by atoms with Crippen LogP contribution in [0.3, 0.4) is 0 Å². The molecule has 3 aliphatic rings. The van der Waals surface area contributed by atoms with Crippen LogP contribution in [0.25, 0.3) is 33.5 Å². The highest BCUT2D eigenvalue weighted by Gasteiger charge is 2.46. The number of morpholine rings is 1. The molecule has 3 N–H and O–H groups in total. The number of ether oxygens (including phenoxy) is 4. The molecule has 4 aromatic rings. The van der Waals surface area contributed by atoms with Gasteiger partial charge in [-0.2, -0.15) is 4.98 Å². The molecule has 3 fully saturated rings. The molecule has 5 atom stereocenters. The van der Waals surface area contributed by atoms with E-state index < -0.39 is 12.4 Å². The number of aromatic nitrogens is 3. The Kier molecular flexibility index (Phi) is 6.27. The van der Waals surface area contributed by atoms with E-state index >= 15 is 0 Å². The van der Waals surface area contributed by atoms with E-state index in [-0.39, 0.29) is 24.3 Å². The molecule has 3 aliphatic heterocycles. The Bertz CT molecular complexity index is 1440. The van der Waals surface area contributed by atoms with Gasteiger partial charge in [-0.05, 0) is 22.8 Å². The summed E-state index contributed by atoms with van der Waals surface area (Å²) in [5.74, 6) is 0. The topological polar surface area (TPSA) is 111 Å². The van der Waals surface area contributed by atoms with Gasteiger partial charge in [-0.15, -0.1) is 0 Å². The fourth-order valence-corrected chi connectivity index (χ4v) is 5.57. The van der Waals surface area contributed by atoms with Crippen molar-refractivity contribution < 1.29 is 24.1 Å². The predicted octanol–water partition coefficient (Wildman–Crippen LogP) is 3.86. The zero-order valence-electron chi connectivity index (χ0n) is 20.5. The van der Waals surface area contributed by atoms with Crippen molar-refractivity contribution in [3.05, 3.63) is 65.2 Å². The highest BCUT2D eigenvalue weighted by Crippen LogP contribution is 2.34. The van der Waals surface area contributed by atoms with E-state index in [9.17, 15) is 5.11 Å². The number of fused-ring (bicyclic) bond motifs is 2. The summed E-state index contributed by atoms with van der Waals surface area (Å²) in [6.07, 6.45) is -1.09. The minimum absolute atomic E-state index is 0.100. The molecule has 0 radical (unpaired) electrons. The number of aliphatic hydroxyl groups is 1. The van der Waals surface area contributed by atoms with E-state index in [0.29, 0.717) is 34.9 Å². The lowest BCUT2D eigenvalue weighted by atomic mass is 9.99. The van der Waals surface area contributed by atoms with Crippen molar-refractivity contribution in [2.45, 2.75) is 37.1 Å². The maximum atomic E-state index is 9.95. The summed E-state index contributed by atoms with van der Waals surface area (Å²) in [5.41, 5.74) is 6.10. The minimum Gasteiger partial charge on any atom is -0.435 e. The molecule has 2 unspecified atom stereocenters. The van der Waals surface area contributed by atoms with Gasteiger partial charge in [0.25, 0.3) is 6.01 Å². The third kappa shape index (κ3) is 4.55. The molecule has 2 aromatic carbocycles. The number of nitrogens with one attached hydrogen (secondary N) is 2. The Hall–Kier alpha value is -3.05. The molecule has 7 rings (SSSR count). The van der Waals surface area contributed by atoms with Gasteiger partial charge in [0, 0.05) is 25.1 Å². The van der Waals surface area contributed by atoms with Gasteiger partial charge in [0.1, 0.15) is 12.2 Å². The second kappa shape index (κ2) is 9.92. The standard InChI is InChI=1S/C28H27ClN4O5/c29-19-11-20-27(33-28(31-20)38-24-12-22-26(37-24)21(34)14-36-22)32-25(19)18-7-3-16(4-8-18)15-1-5-17(6-2-15)23-13-30-9-10-35-23/h1-8,11,21-24,26,30,34H,9-10,12-14H2,(H,31,32,33)/t21-,22-,23?,24?,26-/m1/s1. The van der Waals surface area contributed by atoms with Crippen LogP contribution >= 0.6 is 11.6 Å². The summed E-state index contributed by atoms with van der Waals surface area (Å²) in [7, 11) is 0. The van der Waals surface area contributed by atoms with Crippen LogP contribution in [0, 0.1) is 0 Å². The van der Waals surface area contributed by atoms with Crippen LogP contribution in [-0.2, 0) is 14.2 Å². The SMILES string of the molecule is O[C@@H]1CO[C@@H]2CC(Oc3nc4nc(-c5ccc(-c6ccc(C7CNCCO7)cc6)cc5)c(Cl)cc4[nH]3)O[C@H]12. The first-order valence-corrected chi connectivity index (χ1v) is 13.2. The molecular weight excluding hydrogens is 508 g/mol. The molecule has 3 saturated heterocycles. The van der Waals surface area contributed by atoms with Crippen molar-refractivity contribution in [2.24, 2.45) is 0 Å². The summed E-state index contributed by atoms with van der Waals surface area (Å²) >= 11 is 6.61. The summed E-state index contributed by atoms with van der Waals surface area (Å²) in [4.78, 5) is 12.3. The maximum Gasteiger partial charge on any atom is 0.298 e. The zero-order chi connectivity index (χ0) is 25.6. The molecule has 38 heavy (non-hydrogen) atoms. The summed E-state index contributed by atoms with van der Waals surface area (Å²) in [6, 6.07) is 18.7. The van der Waals surface area contributed by atoms with Gasteiger partial charge in [0.15, 0.2) is 5.65 Å². The number of benzene rings is 2. The normalized spacial score (nSPS) is 27.1. The third-order valence-electron chi connectivity index (χ3n) is 7.31. The average Bonchev–Trinajstić information content (AvgIpc) is 3.64. The largest absolute Gasteiger partial charge is 0.435 e. The molecule has 196 valence electrons. The van der Waals surface area contributed by atoms with Crippen LogP contribution in [0.2, 0.25) is 5.02 Å². The number of aromatic amines is 1. The summed E-state index contributed by atoms with van der Waals surface area (Å²) < 4.78 is 23.0. The Balaban J connectivity index is 1.07. The van der Waals surface area contributed by atoms with Gasteiger partial charge in [0.2, 0.25) is 6.29 Å². The van der Waals surface area contributed by atoms with E-state index in [4.69, 9.17) is 35.5 Å². The highest BCUT2D eigenvalue weighted by atomic mass is 35.5. The maximum absolute atomic E-state index is 9.95. The number of aliphatic hydroxyl groups excluding tert-OH is 1. The minimum atomic E-state index is -0.633. The van der Waals surface area contributed by atoms with Gasteiger partial charge in [-0.25, -0.2) is 4.98 Å². The van der Waals surface area contributed by atoms with Crippen LogP contribution in [0.15, 0.2) is 54.6 Å². The van der Waals surface area contributed by atoms with Gasteiger partial charge in [-0.1, -0.05) is 60.1 Å². The fraction of sp³-hybridized carbons (Fsp3) is 0.357. The molecule has 0 spiro atoms. The number of halogens is 1. The first-order chi connectivity index (χ1) is 18.6. The zero-order valence-corrected chi connectivity index (χ0v) is 21.2. The molecule has 0 bridgehead atoms. The highest BCUT2D eigenvalue weighted by molar-refractivity contribution is 6.33. The lowest BCUT2D eigenvalue weighted by Gasteiger charge is -2.24. The van der Waals surface area contributed by atoms with Crippen molar-refractivity contribution >= 4 is 22.8 Å². The second-order valence-electron chi connectivity index (χ2n) is 9.82. The molecule has 0 saturated carbocycles. The van der Waals surface area contributed by atoms with Crippen LogP contribution in [0.1, 0.15) is 18.1 Å². The Labute approximate surface area is 224 Å². The van der Waals surface area contributed by atoms with E-state index in [2.05, 4.69) is 51.7 Å². The molecule has 9 nitrogen and oxygen atoms in total. The molecule has 0 amide bonds. The van der Waals surface area contributed by atoms with Crippen LogP contribution in [-0.4, -0.2) is 71.0 Å². The third-order valence-corrected chi connectivity index (χ3v) is 7.60. The van der Waals surface area contributed by atoms with Crippen LogP contribution < -0.4 is 10.1 Å². The predicted molar refractivity (Wildman–Crippen MR) is 141 cm³/mol. The molecule has 0 aliphatic carbocycles. The number of pyridine rings is 1. The van der Waals surface area contributed by atoms with E-state index in [1.54, 1.807) is 6.07 Å². The van der Waals surface area contributed by atoms with Crippen molar-refractivity contribution in [1.82, 2.24) is 20.3 Å². The number of nitrogens with zero attached hydrogens (tertiary/aromatic N) is 2. The van der Waals surface area contributed by atoms with E-state index in [1.807, 2.05) is 12.1 Å². The smallest absolute Gasteiger partial charge is 0.298 e. The van der Waals surface area contributed by atoms with Gasteiger partial charge in [-0.3, -0.25) is 0 Å².